The predicted molar refractivity (Wildman–Crippen MR) is 71.8 cm³/mol. The summed E-state index contributed by atoms with van der Waals surface area (Å²) in [6.45, 7) is 0. The maximum atomic E-state index is 13.8. The van der Waals surface area contributed by atoms with E-state index in [1.165, 1.54) is 6.07 Å². The van der Waals surface area contributed by atoms with Gasteiger partial charge in [-0.15, -0.1) is 0 Å². The van der Waals surface area contributed by atoms with Crippen molar-refractivity contribution in [3.05, 3.63) is 58.9 Å². The van der Waals surface area contributed by atoms with E-state index in [-0.39, 0.29) is 16.6 Å². The second kappa shape index (κ2) is 5.65. The topological polar surface area (TPSA) is 38.0 Å². The highest BCUT2D eigenvalue weighted by molar-refractivity contribution is 7.80. The molecule has 0 aliphatic rings. The maximum absolute atomic E-state index is 13.8. The SMILES string of the molecule is NC(=S)c1ccc(Nc2c(F)c(F)cc(F)c2F)c(F)c1. The number of rotatable bonds is 3. The molecule has 0 amide bonds. The Morgan fingerprint density at radius 1 is 0.905 bits per heavy atom. The van der Waals surface area contributed by atoms with Gasteiger partial charge in [-0.05, 0) is 18.2 Å². The van der Waals surface area contributed by atoms with Crippen molar-refractivity contribution in [1.29, 1.82) is 0 Å². The fourth-order valence-corrected chi connectivity index (χ4v) is 1.71. The average molecular weight is 318 g/mol. The van der Waals surface area contributed by atoms with Gasteiger partial charge in [0.1, 0.15) is 16.5 Å². The van der Waals surface area contributed by atoms with Crippen molar-refractivity contribution in [2.24, 2.45) is 5.73 Å². The molecule has 3 N–H and O–H groups in total. The van der Waals surface area contributed by atoms with Crippen LogP contribution in [-0.2, 0) is 0 Å². The fraction of sp³-hybridized carbons (Fsp3) is 0. The van der Waals surface area contributed by atoms with Gasteiger partial charge in [-0.3, -0.25) is 0 Å². The van der Waals surface area contributed by atoms with Crippen LogP contribution in [0.1, 0.15) is 5.56 Å². The Morgan fingerprint density at radius 2 is 1.48 bits per heavy atom. The van der Waals surface area contributed by atoms with Gasteiger partial charge in [0.05, 0.1) is 5.69 Å². The van der Waals surface area contributed by atoms with Crippen molar-refractivity contribution in [2.75, 3.05) is 5.32 Å². The lowest BCUT2D eigenvalue weighted by atomic mass is 10.2. The molecule has 8 heteroatoms. The monoisotopic (exact) mass is 318 g/mol. The number of halogens is 5. The molecule has 0 bridgehead atoms. The average Bonchev–Trinajstić information content (AvgIpc) is 2.42. The first-order chi connectivity index (χ1) is 9.81. The molecule has 0 fully saturated rings. The first kappa shape index (κ1) is 15.2. The zero-order chi connectivity index (χ0) is 15.7. The van der Waals surface area contributed by atoms with E-state index < -0.39 is 40.5 Å². The minimum atomic E-state index is -1.66. The van der Waals surface area contributed by atoms with Gasteiger partial charge in [0.15, 0.2) is 23.3 Å². The molecule has 0 heterocycles. The van der Waals surface area contributed by atoms with Crippen LogP contribution in [0.25, 0.3) is 0 Å². The molecule has 0 aliphatic heterocycles. The molecule has 0 radical (unpaired) electrons. The normalized spacial score (nSPS) is 10.5. The fourth-order valence-electron chi connectivity index (χ4n) is 1.59. The minimum Gasteiger partial charge on any atom is -0.389 e. The van der Waals surface area contributed by atoms with Crippen LogP contribution < -0.4 is 11.1 Å². The van der Waals surface area contributed by atoms with Crippen LogP contribution in [-0.4, -0.2) is 4.99 Å². The lowest BCUT2D eigenvalue weighted by Gasteiger charge is -2.11. The number of hydrogen-bond donors (Lipinski definition) is 2. The highest BCUT2D eigenvalue weighted by Gasteiger charge is 2.20. The summed E-state index contributed by atoms with van der Waals surface area (Å²) in [5, 5.41) is 1.97. The summed E-state index contributed by atoms with van der Waals surface area (Å²) in [5.74, 6) is -7.46. The molecule has 0 atom stereocenters. The molecule has 21 heavy (non-hydrogen) atoms. The highest BCUT2D eigenvalue weighted by Crippen LogP contribution is 2.28. The van der Waals surface area contributed by atoms with Crippen LogP contribution in [0.15, 0.2) is 24.3 Å². The zero-order valence-electron chi connectivity index (χ0n) is 10.2. The Bertz CT molecular complexity index is 707. The van der Waals surface area contributed by atoms with Gasteiger partial charge < -0.3 is 11.1 Å². The third-order valence-corrected chi connectivity index (χ3v) is 2.86. The molecule has 0 saturated heterocycles. The number of nitrogens with one attached hydrogen (secondary N) is 1. The molecule has 0 saturated carbocycles. The van der Waals surface area contributed by atoms with Crippen molar-refractivity contribution in [3.8, 4) is 0 Å². The molecule has 2 aromatic carbocycles. The molecular weight excluding hydrogens is 311 g/mol. The standard InChI is InChI=1S/C13H7F5N2S/c14-6-3-5(13(19)21)1-2-9(6)20-12-10(17)7(15)4-8(16)11(12)18/h1-4,20H,(H2,19,21). The lowest BCUT2D eigenvalue weighted by Crippen LogP contribution is -2.10. The van der Waals surface area contributed by atoms with Crippen LogP contribution in [0.3, 0.4) is 0 Å². The van der Waals surface area contributed by atoms with E-state index in [0.29, 0.717) is 0 Å². The van der Waals surface area contributed by atoms with Gasteiger partial charge >= 0.3 is 0 Å². The summed E-state index contributed by atoms with van der Waals surface area (Å²) >= 11 is 4.64. The van der Waals surface area contributed by atoms with E-state index in [0.717, 1.165) is 12.1 Å². The van der Waals surface area contributed by atoms with E-state index in [9.17, 15) is 22.0 Å². The number of thiocarbonyl (C=S) groups is 1. The van der Waals surface area contributed by atoms with Crippen molar-refractivity contribution in [3.63, 3.8) is 0 Å². The van der Waals surface area contributed by atoms with E-state index >= 15 is 0 Å². The lowest BCUT2D eigenvalue weighted by molar-refractivity contribution is 0.459. The number of benzene rings is 2. The largest absolute Gasteiger partial charge is 0.389 e. The van der Waals surface area contributed by atoms with Gasteiger partial charge in [0.2, 0.25) is 0 Å². The van der Waals surface area contributed by atoms with Crippen molar-refractivity contribution < 1.29 is 22.0 Å². The van der Waals surface area contributed by atoms with E-state index in [4.69, 9.17) is 5.73 Å². The number of nitrogens with two attached hydrogens (primary N) is 1. The van der Waals surface area contributed by atoms with Crippen LogP contribution >= 0.6 is 12.2 Å². The van der Waals surface area contributed by atoms with Crippen molar-refractivity contribution in [2.45, 2.75) is 0 Å². The van der Waals surface area contributed by atoms with Gasteiger partial charge in [0, 0.05) is 11.6 Å². The molecule has 2 nitrogen and oxygen atoms in total. The van der Waals surface area contributed by atoms with Crippen LogP contribution in [0, 0.1) is 29.1 Å². The Labute approximate surface area is 121 Å². The molecule has 0 aromatic heterocycles. The van der Waals surface area contributed by atoms with Crippen LogP contribution in [0.4, 0.5) is 33.3 Å². The summed E-state index contributed by atoms with van der Waals surface area (Å²) in [4.78, 5) is -0.0744. The summed E-state index contributed by atoms with van der Waals surface area (Å²) in [6.07, 6.45) is 0. The predicted octanol–water partition coefficient (Wildman–Crippen LogP) is 3.76. The van der Waals surface area contributed by atoms with E-state index in [2.05, 4.69) is 12.2 Å². The molecule has 110 valence electrons. The summed E-state index contributed by atoms with van der Waals surface area (Å²) < 4.78 is 66.8. The number of hydrogen-bond acceptors (Lipinski definition) is 2. The van der Waals surface area contributed by atoms with Crippen LogP contribution in [0.5, 0.6) is 0 Å². The van der Waals surface area contributed by atoms with E-state index in [1.54, 1.807) is 0 Å². The third kappa shape index (κ3) is 2.94. The van der Waals surface area contributed by atoms with Crippen molar-refractivity contribution in [1.82, 2.24) is 0 Å². The summed E-state index contributed by atoms with van der Waals surface area (Å²) in [6, 6.07) is 3.36. The quantitative estimate of drug-likeness (QED) is 0.514. The first-order valence-corrected chi connectivity index (χ1v) is 5.91. The molecular formula is C13H7F5N2S. The molecule has 0 spiro atoms. The molecule has 0 unspecified atom stereocenters. The smallest absolute Gasteiger partial charge is 0.185 e. The Kier molecular flexibility index (Phi) is 4.08. The summed E-state index contributed by atoms with van der Waals surface area (Å²) in [7, 11) is 0. The van der Waals surface area contributed by atoms with Gasteiger partial charge in [-0.1, -0.05) is 12.2 Å². The van der Waals surface area contributed by atoms with Gasteiger partial charge in [-0.25, -0.2) is 22.0 Å². The Balaban J connectivity index is 2.46. The minimum absolute atomic E-state index is 0.0577. The zero-order valence-corrected chi connectivity index (χ0v) is 11.0. The Hall–Kier alpha value is -2.22. The molecule has 2 aromatic rings. The molecule has 0 aliphatic carbocycles. The van der Waals surface area contributed by atoms with Gasteiger partial charge in [0.25, 0.3) is 0 Å². The Morgan fingerprint density at radius 3 is 1.95 bits per heavy atom. The maximum Gasteiger partial charge on any atom is 0.185 e. The van der Waals surface area contributed by atoms with Gasteiger partial charge in [-0.2, -0.15) is 0 Å². The number of anilines is 2. The third-order valence-electron chi connectivity index (χ3n) is 2.63. The first-order valence-electron chi connectivity index (χ1n) is 5.50. The van der Waals surface area contributed by atoms with Crippen molar-refractivity contribution >= 4 is 28.6 Å². The second-order valence-electron chi connectivity index (χ2n) is 4.03. The second-order valence-corrected chi connectivity index (χ2v) is 4.47. The molecule has 2 rings (SSSR count). The van der Waals surface area contributed by atoms with E-state index in [1.807, 2.05) is 5.32 Å². The van der Waals surface area contributed by atoms with Crippen LogP contribution in [0.2, 0.25) is 0 Å². The summed E-state index contributed by atoms with van der Waals surface area (Å²) in [5.41, 5.74) is 3.97. The highest BCUT2D eigenvalue weighted by atomic mass is 32.1.